The molecular formula is C14H28N2O3. The van der Waals surface area contributed by atoms with E-state index >= 15 is 0 Å². The van der Waals surface area contributed by atoms with Crippen LogP contribution in [-0.2, 0) is 14.3 Å². The predicted molar refractivity (Wildman–Crippen MR) is 74.9 cm³/mol. The molecule has 0 aliphatic carbocycles. The molecule has 3 N–H and O–H groups in total. The summed E-state index contributed by atoms with van der Waals surface area (Å²) in [5.74, 6) is 0.170. The highest BCUT2D eigenvalue weighted by Crippen LogP contribution is 2.11. The van der Waals surface area contributed by atoms with Gasteiger partial charge in [-0.25, -0.2) is 0 Å². The molecule has 1 amide bonds. The molecule has 1 heterocycles. The summed E-state index contributed by atoms with van der Waals surface area (Å²) in [4.78, 5) is 11.7. The lowest BCUT2D eigenvalue weighted by Crippen LogP contribution is -2.31. The highest BCUT2D eigenvalue weighted by Gasteiger charge is 2.15. The quantitative estimate of drug-likeness (QED) is 0.583. The third-order valence-corrected chi connectivity index (χ3v) is 3.38. The van der Waals surface area contributed by atoms with Crippen LogP contribution < -0.4 is 11.1 Å². The second-order valence-electron chi connectivity index (χ2n) is 5.19. The van der Waals surface area contributed by atoms with Crippen molar-refractivity contribution in [3.63, 3.8) is 0 Å². The fourth-order valence-electron chi connectivity index (χ4n) is 2.11. The molecule has 112 valence electrons. The zero-order valence-electron chi connectivity index (χ0n) is 12.0. The first-order valence-corrected chi connectivity index (χ1v) is 7.41. The Hall–Kier alpha value is -0.650. The summed E-state index contributed by atoms with van der Waals surface area (Å²) in [5.41, 5.74) is 5.43. The molecule has 0 aromatic carbocycles. The van der Waals surface area contributed by atoms with Gasteiger partial charge < -0.3 is 20.5 Å². The van der Waals surface area contributed by atoms with Crippen molar-refractivity contribution in [2.45, 2.75) is 45.1 Å². The van der Waals surface area contributed by atoms with Crippen molar-refractivity contribution in [3.8, 4) is 0 Å². The number of nitrogens with two attached hydrogens (primary N) is 1. The number of carbonyl (C=O) groups excluding carboxylic acids is 1. The van der Waals surface area contributed by atoms with Crippen LogP contribution in [0.25, 0.3) is 0 Å². The van der Waals surface area contributed by atoms with Crippen LogP contribution >= 0.6 is 0 Å². The Bertz CT molecular complexity index is 243. The molecule has 1 saturated heterocycles. The van der Waals surface area contributed by atoms with Crippen LogP contribution in [0.15, 0.2) is 0 Å². The van der Waals surface area contributed by atoms with Gasteiger partial charge in [0.1, 0.15) is 0 Å². The van der Waals surface area contributed by atoms with Gasteiger partial charge >= 0.3 is 0 Å². The molecule has 2 atom stereocenters. The smallest absolute Gasteiger partial charge is 0.222 e. The minimum Gasteiger partial charge on any atom is -0.379 e. The lowest BCUT2D eigenvalue weighted by Gasteiger charge is -2.12. The molecule has 1 fully saturated rings. The summed E-state index contributed by atoms with van der Waals surface area (Å²) in [5, 5.41) is 2.93. The van der Waals surface area contributed by atoms with E-state index in [-0.39, 0.29) is 17.9 Å². The van der Waals surface area contributed by atoms with Gasteiger partial charge in [-0.1, -0.05) is 6.92 Å². The lowest BCUT2D eigenvalue weighted by molar-refractivity contribution is -0.124. The highest BCUT2D eigenvalue weighted by molar-refractivity contribution is 5.78. The van der Waals surface area contributed by atoms with Crippen LogP contribution in [0, 0.1) is 5.92 Å². The minimum atomic E-state index is 0.0522. The molecule has 0 saturated carbocycles. The third kappa shape index (κ3) is 7.50. The normalized spacial score (nSPS) is 20.4. The maximum absolute atomic E-state index is 11.7. The Morgan fingerprint density at radius 2 is 2.37 bits per heavy atom. The SMILES string of the molecule is CC(CCCN)C(=O)NCCCOCC1CCCO1. The number of hydrogen-bond donors (Lipinski definition) is 2. The Morgan fingerprint density at radius 3 is 3.05 bits per heavy atom. The van der Waals surface area contributed by atoms with Gasteiger partial charge in [-0.15, -0.1) is 0 Å². The van der Waals surface area contributed by atoms with E-state index in [1.165, 1.54) is 0 Å². The van der Waals surface area contributed by atoms with Crippen LogP contribution in [0.1, 0.15) is 39.0 Å². The number of nitrogens with one attached hydrogen (secondary N) is 1. The van der Waals surface area contributed by atoms with Crippen molar-refractivity contribution in [1.29, 1.82) is 0 Å². The van der Waals surface area contributed by atoms with Gasteiger partial charge in [0.2, 0.25) is 5.91 Å². The van der Waals surface area contributed by atoms with E-state index in [0.717, 1.165) is 38.7 Å². The number of carbonyl (C=O) groups is 1. The van der Waals surface area contributed by atoms with E-state index in [1.807, 2.05) is 6.92 Å². The molecule has 0 aromatic heterocycles. The fourth-order valence-corrected chi connectivity index (χ4v) is 2.11. The molecule has 5 heteroatoms. The van der Waals surface area contributed by atoms with Crippen LogP contribution in [0.3, 0.4) is 0 Å². The molecular weight excluding hydrogens is 244 g/mol. The maximum atomic E-state index is 11.7. The largest absolute Gasteiger partial charge is 0.379 e. The molecule has 0 aromatic rings. The summed E-state index contributed by atoms with van der Waals surface area (Å²) < 4.78 is 11.0. The average Bonchev–Trinajstić information content (AvgIpc) is 2.92. The Balaban J connectivity index is 1.90. The van der Waals surface area contributed by atoms with E-state index in [0.29, 0.717) is 26.3 Å². The van der Waals surface area contributed by atoms with Gasteiger partial charge in [0.25, 0.3) is 0 Å². The first kappa shape index (κ1) is 16.4. The van der Waals surface area contributed by atoms with Crippen LogP contribution in [0.4, 0.5) is 0 Å². The van der Waals surface area contributed by atoms with Gasteiger partial charge in [-0.3, -0.25) is 4.79 Å². The molecule has 1 aliphatic heterocycles. The summed E-state index contributed by atoms with van der Waals surface area (Å²) in [6.45, 7) is 5.49. The highest BCUT2D eigenvalue weighted by atomic mass is 16.5. The van der Waals surface area contributed by atoms with Crippen molar-refractivity contribution < 1.29 is 14.3 Å². The number of rotatable bonds is 10. The zero-order valence-corrected chi connectivity index (χ0v) is 12.0. The van der Waals surface area contributed by atoms with Crippen molar-refractivity contribution in [2.75, 3.05) is 32.9 Å². The van der Waals surface area contributed by atoms with Crippen molar-refractivity contribution in [2.24, 2.45) is 11.7 Å². The Labute approximate surface area is 116 Å². The second kappa shape index (κ2) is 10.2. The number of ether oxygens (including phenoxy) is 2. The van der Waals surface area contributed by atoms with Crippen LogP contribution in [0.2, 0.25) is 0 Å². The van der Waals surface area contributed by atoms with Crippen molar-refractivity contribution in [3.05, 3.63) is 0 Å². The van der Waals surface area contributed by atoms with Crippen LogP contribution in [-0.4, -0.2) is 44.9 Å². The van der Waals surface area contributed by atoms with E-state index in [2.05, 4.69) is 5.32 Å². The summed E-state index contributed by atoms with van der Waals surface area (Å²) >= 11 is 0. The number of hydrogen-bond acceptors (Lipinski definition) is 4. The molecule has 5 nitrogen and oxygen atoms in total. The second-order valence-corrected chi connectivity index (χ2v) is 5.19. The number of amides is 1. The minimum absolute atomic E-state index is 0.0522. The summed E-state index contributed by atoms with van der Waals surface area (Å²) in [6.07, 6.45) is 5.14. The van der Waals surface area contributed by atoms with E-state index in [1.54, 1.807) is 0 Å². The topological polar surface area (TPSA) is 73.6 Å². The Kier molecular flexibility index (Phi) is 8.79. The van der Waals surface area contributed by atoms with E-state index in [9.17, 15) is 4.79 Å². The first-order chi connectivity index (χ1) is 9.24. The predicted octanol–water partition coefficient (Wildman–Crippen LogP) is 1.06. The standard InChI is InChI=1S/C14H28N2O3/c1-12(5-2-7-15)14(17)16-8-4-9-18-11-13-6-3-10-19-13/h12-13H,2-11,15H2,1H3,(H,16,17). The van der Waals surface area contributed by atoms with Gasteiger partial charge in [0.15, 0.2) is 0 Å². The van der Waals surface area contributed by atoms with Gasteiger partial charge in [-0.05, 0) is 38.6 Å². The summed E-state index contributed by atoms with van der Waals surface area (Å²) in [6, 6.07) is 0. The first-order valence-electron chi connectivity index (χ1n) is 7.41. The molecule has 19 heavy (non-hydrogen) atoms. The summed E-state index contributed by atoms with van der Waals surface area (Å²) in [7, 11) is 0. The van der Waals surface area contributed by atoms with Crippen LogP contribution in [0.5, 0.6) is 0 Å². The maximum Gasteiger partial charge on any atom is 0.222 e. The molecule has 1 aliphatic rings. The monoisotopic (exact) mass is 272 g/mol. The lowest BCUT2D eigenvalue weighted by atomic mass is 10.1. The van der Waals surface area contributed by atoms with Crippen molar-refractivity contribution in [1.82, 2.24) is 5.32 Å². The van der Waals surface area contributed by atoms with Gasteiger partial charge in [0.05, 0.1) is 12.7 Å². The average molecular weight is 272 g/mol. The van der Waals surface area contributed by atoms with Gasteiger partial charge in [0, 0.05) is 25.7 Å². The molecule has 0 radical (unpaired) electrons. The fraction of sp³-hybridized carbons (Fsp3) is 0.929. The molecule has 0 spiro atoms. The van der Waals surface area contributed by atoms with Crippen molar-refractivity contribution >= 4 is 5.91 Å². The molecule has 0 bridgehead atoms. The van der Waals surface area contributed by atoms with E-state index < -0.39 is 0 Å². The molecule has 2 unspecified atom stereocenters. The third-order valence-electron chi connectivity index (χ3n) is 3.38. The van der Waals surface area contributed by atoms with Gasteiger partial charge in [-0.2, -0.15) is 0 Å². The molecule has 1 rings (SSSR count). The Morgan fingerprint density at radius 1 is 1.53 bits per heavy atom. The zero-order chi connectivity index (χ0) is 13.9. The van der Waals surface area contributed by atoms with E-state index in [4.69, 9.17) is 15.2 Å².